The first-order valence-corrected chi connectivity index (χ1v) is 9.52. The molecule has 0 spiro atoms. The van der Waals surface area contributed by atoms with E-state index in [1.54, 1.807) is 0 Å². The molecule has 1 aliphatic carbocycles. The van der Waals surface area contributed by atoms with Crippen molar-refractivity contribution < 1.29 is 4.79 Å². The number of nitrogens with zero attached hydrogens (tertiary/aromatic N) is 1. The molecular formula is C20H33IN4O. The standard InChI is InChI=1S/C20H32N4O.HI/c1-4-20(12-7-13-20)15-24-19(22-6-3)23-14-16-8-10-17(11-9-16)18(25)21-5-2;/h8-11H,4-7,12-15H2,1-3H3,(H,21,25)(H2,22,23,24);1H. The summed E-state index contributed by atoms with van der Waals surface area (Å²) in [6.07, 6.45) is 5.20. The Hall–Kier alpha value is -1.31. The number of halogens is 1. The Bertz CT molecular complexity index is 576. The van der Waals surface area contributed by atoms with Crippen LogP contribution in [0.2, 0.25) is 0 Å². The van der Waals surface area contributed by atoms with E-state index in [0.717, 1.165) is 24.6 Å². The minimum Gasteiger partial charge on any atom is -0.357 e. The molecule has 1 amide bonds. The van der Waals surface area contributed by atoms with Gasteiger partial charge in [-0.1, -0.05) is 25.5 Å². The molecule has 1 aromatic rings. The first-order valence-electron chi connectivity index (χ1n) is 9.52. The van der Waals surface area contributed by atoms with Gasteiger partial charge in [-0.15, -0.1) is 24.0 Å². The van der Waals surface area contributed by atoms with Crippen LogP contribution >= 0.6 is 24.0 Å². The van der Waals surface area contributed by atoms with Crippen molar-refractivity contribution in [2.45, 2.75) is 53.0 Å². The number of rotatable bonds is 8. The average molecular weight is 472 g/mol. The summed E-state index contributed by atoms with van der Waals surface area (Å²) in [7, 11) is 0. The van der Waals surface area contributed by atoms with Crippen LogP contribution in [0, 0.1) is 5.41 Å². The average Bonchev–Trinajstić information content (AvgIpc) is 2.59. The molecule has 0 unspecified atom stereocenters. The largest absolute Gasteiger partial charge is 0.357 e. The quantitative estimate of drug-likeness (QED) is 0.307. The van der Waals surface area contributed by atoms with E-state index >= 15 is 0 Å². The number of hydrogen-bond donors (Lipinski definition) is 3. The summed E-state index contributed by atoms with van der Waals surface area (Å²) in [6.45, 7) is 9.36. The van der Waals surface area contributed by atoms with Gasteiger partial charge in [-0.05, 0) is 56.2 Å². The van der Waals surface area contributed by atoms with E-state index in [0.29, 0.717) is 24.1 Å². The second kappa shape index (κ2) is 11.4. The van der Waals surface area contributed by atoms with Crippen molar-refractivity contribution in [1.82, 2.24) is 16.0 Å². The van der Waals surface area contributed by atoms with Crippen molar-refractivity contribution in [3.63, 3.8) is 0 Å². The lowest BCUT2D eigenvalue weighted by atomic mass is 9.67. The molecule has 2 rings (SSSR count). The van der Waals surface area contributed by atoms with Crippen molar-refractivity contribution in [1.29, 1.82) is 0 Å². The van der Waals surface area contributed by atoms with Gasteiger partial charge in [0.15, 0.2) is 5.96 Å². The van der Waals surface area contributed by atoms with Crippen LogP contribution in [0.15, 0.2) is 29.3 Å². The van der Waals surface area contributed by atoms with Gasteiger partial charge in [0.05, 0.1) is 6.54 Å². The summed E-state index contributed by atoms with van der Waals surface area (Å²) in [4.78, 5) is 16.5. The molecule has 6 heteroatoms. The second-order valence-electron chi connectivity index (χ2n) is 6.81. The van der Waals surface area contributed by atoms with Crippen LogP contribution < -0.4 is 16.0 Å². The minimum atomic E-state index is -0.0297. The number of carbonyl (C=O) groups is 1. The number of carbonyl (C=O) groups excluding carboxylic acids is 1. The Morgan fingerprint density at radius 2 is 1.69 bits per heavy atom. The fourth-order valence-electron chi connectivity index (χ4n) is 3.14. The van der Waals surface area contributed by atoms with E-state index in [1.807, 2.05) is 31.2 Å². The van der Waals surface area contributed by atoms with Gasteiger partial charge >= 0.3 is 0 Å². The van der Waals surface area contributed by atoms with E-state index < -0.39 is 0 Å². The Labute approximate surface area is 174 Å². The maximum absolute atomic E-state index is 11.8. The number of amides is 1. The highest BCUT2D eigenvalue weighted by Crippen LogP contribution is 2.42. The predicted octanol–water partition coefficient (Wildman–Crippen LogP) is 3.69. The molecular weight excluding hydrogens is 439 g/mol. The topological polar surface area (TPSA) is 65.5 Å². The SMILES string of the molecule is CCNC(=O)c1ccc(CN=C(NCC)NCC2(CC)CCC2)cc1.I. The normalized spacial score (nSPS) is 15.4. The van der Waals surface area contributed by atoms with Crippen LogP contribution in [-0.2, 0) is 6.54 Å². The lowest BCUT2D eigenvalue weighted by molar-refractivity contribution is 0.0956. The van der Waals surface area contributed by atoms with Gasteiger partial charge in [0, 0.05) is 25.2 Å². The molecule has 0 saturated heterocycles. The summed E-state index contributed by atoms with van der Waals surface area (Å²) in [5, 5.41) is 9.63. The van der Waals surface area contributed by atoms with Gasteiger partial charge in [0.25, 0.3) is 5.91 Å². The zero-order chi connectivity index (χ0) is 18.1. The van der Waals surface area contributed by atoms with Crippen LogP contribution in [0.3, 0.4) is 0 Å². The molecule has 1 saturated carbocycles. The fraction of sp³-hybridized carbons (Fsp3) is 0.600. The smallest absolute Gasteiger partial charge is 0.251 e. The number of nitrogens with one attached hydrogen (secondary N) is 3. The summed E-state index contributed by atoms with van der Waals surface area (Å²) >= 11 is 0. The van der Waals surface area contributed by atoms with Crippen molar-refractivity contribution in [3.05, 3.63) is 35.4 Å². The van der Waals surface area contributed by atoms with Crippen molar-refractivity contribution >= 4 is 35.8 Å². The van der Waals surface area contributed by atoms with E-state index in [-0.39, 0.29) is 29.9 Å². The molecule has 0 heterocycles. The number of guanidine groups is 1. The lowest BCUT2D eigenvalue weighted by Gasteiger charge is -2.41. The monoisotopic (exact) mass is 472 g/mol. The van der Waals surface area contributed by atoms with Gasteiger partial charge < -0.3 is 16.0 Å². The molecule has 0 atom stereocenters. The highest BCUT2D eigenvalue weighted by Gasteiger charge is 2.34. The molecule has 3 N–H and O–H groups in total. The Balaban J connectivity index is 0.00000338. The zero-order valence-corrected chi connectivity index (χ0v) is 18.6. The second-order valence-corrected chi connectivity index (χ2v) is 6.81. The van der Waals surface area contributed by atoms with E-state index in [9.17, 15) is 4.79 Å². The molecule has 1 fully saturated rings. The van der Waals surface area contributed by atoms with Crippen LogP contribution in [-0.4, -0.2) is 31.5 Å². The van der Waals surface area contributed by atoms with E-state index in [1.165, 1.54) is 25.7 Å². The van der Waals surface area contributed by atoms with Crippen LogP contribution in [0.1, 0.15) is 62.4 Å². The van der Waals surface area contributed by atoms with Crippen molar-refractivity contribution in [2.24, 2.45) is 10.4 Å². The fourth-order valence-corrected chi connectivity index (χ4v) is 3.14. The maximum Gasteiger partial charge on any atom is 0.251 e. The molecule has 0 bridgehead atoms. The minimum absolute atomic E-state index is 0. The predicted molar refractivity (Wildman–Crippen MR) is 119 cm³/mol. The Morgan fingerprint density at radius 3 is 2.19 bits per heavy atom. The van der Waals surface area contributed by atoms with E-state index in [2.05, 4.69) is 34.8 Å². The van der Waals surface area contributed by atoms with Gasteiger partial charge in [-0.25, -0.2) is 4.99 Å². The van der Waals surface area contributed by atoms with Crippen LogP contribution in [0.4, 0.5) is 0 Å². The molecule has 1 aliphatic rings. The van der Waals surface area contributed by atoms with Crippen LogP contribution in [0.25, 0.3) is 0 Å². The highest BCUT2D eigenvalue weighted by molar-refractivity contribution is 14.0. The van der Waals surface area contributed by atoms with E-state index in [4.69, 9.17) is 0 Å². The van der Waals surface area contributed by atoms with Gasteiger partial charge in [-0.3, -0.25) is 4.79 Å². The molecule has 5 nitrogen and oxygen atoms in total. The van der Waals surface area contributed by atoms with Gasteiger partial charge in [0.2, 0.25) is 0 Å². The Morgan fingerprint density at radius 1 is 1.04 bits per heavy atom. The summed E-state index contributed by atoms with van der Waals surface area (Å²) < 4.78 is 0. The maximum atomic E-state index is 11.8. The summed E-state index contributed by atoms with van der Waals surface area (Å²) in [5.74, 6) is 0.841. The van der Waals surface area contributed by atoms with Crippen molar-refractivity contribution in [2.75, 3.05) is 19.6 Å². The number of hydrogen-bond acceptors (Lipinski definition) is 2. The molecule has 0 aliphatic heterocycles. The third kappa shape index (κ3) is 6.45. The molecule has 0 radical (unpaired) electrons. The molecule has 1 aromatic carbocycles. The molecule has 26 heavy (non-hydrogen) atoms. The number of benzene rings is 1. The first-order chi connectivity index (χ1) is 12.1. The highest BCUT2D eigenvalue weighted by atomic mass is 127. The molecule has 0 aromatic heterocycles. The third-order valence-corrected chi connectivity index (χ3v) is 5.11. The van der Waals surface area contributed by atoms with Crippen molar-refractivity contribution in [3.8, 4) is 0 Å². The lowest BCUT2D eigenvalue weighted by Crippen LogP contribution is -2.46. The first kappa shape index (κ1) is 22.7. The van der Waals surface area contributed by atoms with Crippen LogP contribution in [0.5, 0.6) is 0 Å². The summed E-state index contributed by atoms with van der Waals surface area (Å²) in [6, 6.07) is 7.65. The Kier molecular flexibility index (Phi) is 9.98. The van der Waals surface area contributed by atoms with Gasteiger partial charge in [0.1, 0.15) is 0 Å². The molecule has 146 valence electrons. The summed E-state index contributed by atoms with van der Waals surface area (Å²) in [5.41, 5.74) is 2.25. The van der Waals surface area contributed by atoms with Gasteiger partial charge in [-0.2, -0.15) is 0 Å². The third-order valence-electron chi connectivity index (χ3n) is 5.11. The number of aliphatic imine (C=N–C) groups is 1. The zero-order valence-electron chi connectivity index (χ0n) is 16.2.